The molecule has 9 heteroatoms. The Morgan fingerprint density at radius 2 is 1.68 bits per heavy atom. The predicted octanol–water partition coefficient (Wildman–Crippen LogP) is 2.20. The molecule has 168 valence electrons. The van der Waals surface area contributed by atoms with Crippen LogP contribution in [-0.4, -0.2) is 70.7 Å². The van der Waals surface area contributed by atoms with Crippen molar-refractivity contribution in [1.29, 1.82) is 0 Å². The van der Waals surface area contributed by atoms with Crippen molar-refractivity contribution in [3.8, 4) is 0 Å². The molecule has 2 aromatic carbocycles. The third-order valence-corrected chi connectivity index (χ3v) is 10.4. The maximum absolute atomic E-state index is 13.7. The van der Waals surface area contributed by atoms with E-state index in [1.165, 1.54) is 24.6 Å². The van der Waals surface area contributed by atoms with Crippen LogP contribution in [0.25, 0.3) is 0 Å². The van der Waals surface area contributed by atoms with Crippen molar-refractivity contribution < 1.29 is 21.2 Å². The Labute approximate surface area is 183 Å². The van der Waals surface area contributed by atoms with E-state index in [2.05, 4.69) is 11.0 Å². The largest absolute Gasteiger partial charge is 0.369 e. The molecule has 2 heterocycles. The van der Waals surface area contributed by atoms with Crippen molar-refractivity contribution in [2.24, 2.45) is 0 Å². The Hall–Kier alpha value is -1.97. The van der Waals surface area contributed by atoms with Crippen LogP contribution >= 0.6 is 0 Å². The molecule has 0 saturated carbocycles. The molecule has 2 fully saturated rings. The van der Waals surface area contributed by atoms with E-state index in [1.54, 1.807) is 0 Å². The molecule has 0 N–H and O–H groups in total. The molecule has 0 radical (unpaired) electrons. The summed E-state index contributed by atoms with van der Waals surface area (Å²) in [5, 5.41) is -1.05. The van der Waals surface area contributed by atoms with Crippen LogP contribution in [0, 0.1) is 19.7 Å². The highest BCUT2D eigenvalue weighted by atomic mass is 32.2. The average Bonchev–Trinajstić information content (AvgIpc) is 3.06. The molecule has 31 heavy (non-hydrogen) atoms. The van der Waals surface area contributed by atoms with Crippen LogP contribution in [0.4, 0.5) is 10.1 Å². The van der Waals surface area contributed by atoms with Crippen LogP contribution in [0.1, 0.15) is 11.1 Å². The summed E-state index contributed by atoms with van der Waals surface area (Å²) in [5.74, 6) is -1.04. The minimum Gasteiger partial charge on any atom is -0.369 e. The first-order valence-corrected chi connectivity index (χ1v) is 13.7. The van der Waals surface area contributed by atoms with Gasteiger partial charge in [0.1, 0.15) is 5.82 Å². The Morgan fingerprint density at radius 3 is 2.32 bits per heavy atom. The lowest BCUT2D eigenvalue weighted by atomic mass is 10.1. The SMILES string of the molecule is Cc1cccc(N2CCN([C@H]3CS(=O)(=O)C[C@@H]3S(=O)(=O)c3ccc(F)c(C)c3)CC2)c1. The highest BCUT2D eigenvalue weighted by Gasteiger charge is 2.48. The highest BCUT2D eigenvalue weighted by molar-refractivity contribution is 7.96. The molecule has 0 unspecified atom stereocenters. The Bertz CT molecular complexity index is 1190. The van der Waals surface area contributed by atoms with Crippen molar-refractivity contribution in [2.75, 3.05) is 42.6 Å². The van der Waals surface area contributed by atoms with E-state index in [9.17, 15) is 21.2 Å². The van der Waals surface area contributed by atoms with E-state index >= 15 is 0 Å². The summed E-state index contributed by atoms with van der Waals surface area (Å²) in [6, 6.07) is 11.3. The monoisotopic (exact) mass is 466 g/mol. The molecule has 0 aliphatic carbocycles. The van der Waals surface area contributed by atoms with Gasteiger partial charge in [-0.1, -0.05) is 12.1 Å². The molecule has 2 saturated heterocycles. The van der Waals surface area contributed by atoms with Crippen molar-refractivity contribution in [3.05, 3.63) is 59.4 Å². The summed E-state index contributed by atoms with van der Waals surface area (Å²) in [4.78, 5) is 4.21. The molecule has 6 nitrogen and oxygen atoms in total. The van der Waals surface area contributed by atoms with E-state index in [-0.39, 0.29) is 16.2 Å². The number of benzene rings is 2. The molecule has 0 amide bonds. The molecule has 2 atom stereocenters. The normalized spacial score (nSPS) is 24.4. The molecule has 0 bridgehead atoms. The van der Waals surface area contributed by atoms with Crippen molar-refractivity contribution in [2.45, 2.75) is 30.0 Å². The second kappa shape index (κ2) is 8.18. The summed E-state index contributed by atoms with van der Waals surface area (Å²) < 4.78 is 65.2. The molecule has 4 rings (SSSR count). The number of sulfone groups is 2. The quantitative estimate of drug-likeness (QED) is 0.644. The molecule has 0 aromatic heterocycles. The van der Waals surface area contributed by atoms with Gasteiger partial charge in [0.15, 0.2) is 19.7 Å². The third kappa shape index (κ3) is 4.49. The predicted molar refractivity (Wildman–Crippen MR) is 120 cm³/mol. The minimum atomic E-state index is -3.92. The first kappa shape index (κ1) is 22.2. The topological polar surface area (TPSA) is 74.8 Å². The van der Waals surface area contributed by atoms with Gasteiger partial charge in [0.25, 0.3) is 0 Å². The Morgan fingerprint density at radius 1 is 0.968 bits per heavy atom. The smallest absolute Gasteiger partial charge is 0.183 e. The fourth-order valence-corrected chi connectivity index (χ4v) is 9.45. The lowest BCUT2D eigenvalue weighted by Gasteiger charge is -2.40. The summed E-state index contributed by atoms with van der Waals surface area (Å²) >= 11 is 0. The van der Waals surface area contributed by atoms with Gasteiger partial charge in [-0.3, -0.25) is 4.90 Å². The molecular weight excluding hydrogens is 439 g/mol. The number of halogens is 1. The Balaban J connectivity index is 1.56. The van der Waals surface area contributed by atoms with Gasteiger partial charge in [0.2, 0.25) is 0 Å². The number of hydrogen-bond donors (Lipinski definition) is 0. The van der Waals surface area contributed by atoms with Crippen molar-refractivity contribution in [3.63, 3.8) is 0 Å². The lowest BCUT2D eigenvalue weighted by Crippen LogP contribution is -2.55. The van der Waals surface area contributed by atoms with Gasteiger partial charge in [0, 0.05) is 37.9 Å². The number of hydrogen-bond acceptors (Lipinski definition) is 6. The first-order chi connectivity index (χ1) is 14.6. The zero-order chi connectivity index (χ0) is 22.4. The molecule has 2 aromatic rings. The van der Waals surface area contributed by atoms with Gasteiger partial charge in [-0.15, -0.1) is 0 Å². The number of nitrogens with zero attached hydrogens (tertiary/aromatic N) is 2. The van der Waals surface area contributed by atoms with E-state index in [4.69, 9.17) is 0 Å². The van der Waals surface area contributed by atoms with Crippen molar-refractivity contribution >= 4 is 25.4 Å². The first-order valence-electron chi connectivity index (χ1n) is 10.3. The third-order valence-electron chi connectivity index (χ3n) is 6.28. The van der Waals surface area contributed by atoms with Gasteiger partial charge < -0.3 is 4.90 Å². The van der Waals surface area contributed by atoms with Crippen LogP contribution < -0.4 is 4.90 Å². The van der Waals surface area contributed by atoms with Gasteiger partial charge in [-0.2, -0.15) is 0 Å². The van der Waals surface area contributed by atoms with Crippen LogP contribution in [-0.2, 0) is 19.7 Å². The minimum absolute atomic E-state index is 0.0168. The maximum atomic E-state index is 13.7. The average molecular weight is 467 g/mol. The zero-order valence-corrected chi connectivity index (χ0v) is 19.3. The molecule has 2 aliphatic rings. The summed E-state index contributed by atoms with van der Waals surface area (Å²) in [7, 11) is -7.40. The number of piperazine rings is 1. The second-order valence-electron chi connectivity index (χ2n) is 8.50. The number of aryl methyl sites for hydroxylation is 2. The number of rotatable bonds is 4. The second-order valence-corrected chi connectivity index (χ2v) is 12.8. The Kier molecular flexibility index (Phi) is 5.87. The van der Waals surface area contributed by atoms with Gasteiger partial charge in [-0.25, -0.2) is 21.2 Å². The van der Waals surface area contributed by atoms with E-state index in [0.29, 0.717) is 26.2 Å². The van der Waals surface area contributed by atoms with Crippen LogP contribution in [0.5, 0.6) is 0 Å². The van der Waals surface area contributed by atoms with Crippen LogP contribution in [0.2, 0.25) is 0 Å². The van der Waals surface area contributed by atoms with Crippen LogP contribution in [0.15, 0.2) is 47.4 Å². The summed E-state index contributed by atoms with van der Waals surface area (Å²) in [6.45, 7) is 6.10. The van der Waals surface area contributed by atoms with Gasteiger partial charge in [0.05, 0.1) is 21.7 Å². The van der Waals surface area contributed by atoms with Crippen LogP contribution in [0.3, 0.4) is 0 Å². The van der Waals surface area contributed by atoms with E-state index < -0.39 is 42.5 Å². The lowest BCUT2D eigenvalue weighted by molar-refractivity contribution is 0.201. The fourth-order valence-electron chi connectivity index (χ4n) is 4.54. The fraction of sp³-hybridized carbons (Fsp3) is 0.455. The standard InChI is InChI=1S/C22H27FN2O4S2/c1-16-4-3-5-18(12-16)24-8-10-25(11-9-24)21-14-30(26,27)15-22(21)31(28,29)19-6-7-20(23)17(2)13-19/h3-7,12-13,21-22H,8-11,14-15H2,1-2H3/t21-,22-/m0/s1. The maximum Gasteiger partial charge on any atom is 0.183 e. The molecular formula is C22H27FN2O4S2. The van der Waals surface area contributed by atoms with Gasteiger partial charge >= 0.3 is 0 Å². The number of anilines is 1. The van der Waals surface area contributed by atoms with Gasteiger partial charge in [-0.05, 0) is 55.3 Å². The molecule has 2 aliphatic heterocycles. The summed E-state index contributed by atoms with van der Waals surface area (Å²) in [6.07, 6.45) is 0. The molecule has 0 spiro atoms. The van der Waals surface area contributed by atoms with E-state index in [1.807, 2.05) is 30.0 Å². The van der Waals surface area contributed by atoms with E-state index in [0.717, 1.165) is 11.8 Å². The summed E-state index contributed by atoms with van der Waals surface area (Å²) in [5.41, 5.74) is 2.51. The van der Waals surface area contributed by atoms with Crippen molar-refractivity contribution in [1.82, 2.24) is 4.90 Å². The highest BCUT2D eigenvalue weighted by Crippen LogP contribution is 2.31. The zero-order valence-electron chi connectivity index (χ0n) is 17.7.